The lowest BCUT2D eigenvalue weighted by Crippen LogP contribution is -2.30. The number of esters is 3. The maximum Gasteiger partial charge on any atom is 0.306 e. The van der Waals surface area contributed by atoms with Crippen molar-refractivity contribution in [1.82, 2.24) is 0 Å². The van der Waals surface area contributed by atoms with E-state index in [4.69, 9.17) is 14.2 Å². The first-order chi connectivity index (χ1) is 40.5. The maximum absolute atomic E-state index is 12.9. The highest BCUT2D eigenvalue weighted by Crippen LogP contribution is 2.14. The zero-order valence-corrected chi connectivity index (χ0v) is 52.4. The summed E-state index contributed by atoms with van der Waals surface area (Å²) in [5, 5.41) is 0. The molecule has 1 atom stereocenters. The zero-order chi connectivity index (χ0) is 59.2. The van der Waals surface area contributed by atoms with Gasteiger partial charge in [0.05, 0.1) is 0 Å². The Labute approximate surface area is 504 Å². The van der Waals surface area contributed by atoms with Crippen LogP contribution in [0.4, 0.5) is 0 Å². The number of unbranched alkanes of at least 4 members (excludes halogenated alkanes) is 16. The monoisotopic (exact) mass is 1130 g/mol. The van der Waals surface area contributed by atoms with Crippen molar-refractivity contribution in [2.24, 2.45) is 0 Å². The molecule has 6 heteroatoms. The molecule has 458 valence electrons. The summed E-state index contributed by atoms with van der Waals surface area (Å²) in [6, 6.07) is 0. The highest BCUT2D eigenvalue weighted by atomic mass is 16.6. The first kappa shape index (κ1) is 76.5. The lowest BCUT2D eigenvalue weighted by Gasteiger charge is -2.18. The highest BCUT2D eigenvalue weighted by Gasteiger charge is 2.19. The second-order valence-electron chi connectivity index (χ2n) is 20.9. The van der Waals surface area contributed by atoms with Crippen LogP contribution >= 0.6 is 0 Å². The molecule has 0 aliphatic rings. The van der Waals surface area contributed by atoms with Gasteiger partial charge in [-0.25, -0.2) is 0 Å². The van der Waals surface area contributed by atoms with Gasteiger partial charge < -0.3 is 14.2 Å². The molecule has 0 bridgehead atoms. The van der Waals surface area contributed by atoms with E-state index >= 15 is 0 Å². The molecule has 0 radical (unpaired) electrons. The summed E-state index contributed by atoms with van der Waals surface area (Å²) in [6.07, 6.45) is 102. The third kappa shape index (κ3) is 65.3. The van der Waals surface area contributed by atoms with Gasteiger partial charge in [-0.3, -0.25) is 14.4 Å². The normalized spacial score (nSPS) is 13.4. The smallest absolute Gasteiger partial charge is 0.306 e. The molecule has 6 nitrogen and oxygen atoms in total. The molecule has 0 aromatic carbocycles. The van der Waals surface area contributed by atoms with E-state index in [0.717, 1.165) is 167 Å². The molecule has 82 heavy (non-hydrogen) atoms. The van der Waals surface area contributed by atoms with Crippen molar-refractivity contribution >= 4 is 17.9 Å². The van der Waals surface area contributed by atoms with Gasteiger partial charge in [0, 0.05) is 19.3 Å². The number of allylic oxidation sites excluding steroid dienone is 30. The van der Waals surface area contributed by atoms with Gasteiger partial charge in [-0.1, -0.05) is 280 Å². The first-order valence-corrected chi connectivity index (χ1v) is 32.8. The Bertz CT molecular complexity index is 1920. The van der Waals surface area contributed by atoms with Crippen molar-refractivity contribution in [2.75, 3.05) is 13.2 Å². The van der Waals surface area contributed by atoms with Gasteiger partial charge >= 0.3 is 17.9 Å². The van der Waals surface area contributed by atoms with Crippen LogP contribution in [-0.2, 0) is 28.6 Å². The minimum atomic E-state index is -0.818. The first-order valence-electron chi connectivity index (χ1n) is 32.8. The number of carbonyl (C=O) groups is 3. The van der Waals surface area contributed by atoms with Crippen LogP contribution in [0.5, 0.6) is 0 Å². The predicted octanol–water partition coefficient (Wildman–Crippen LogP) is 22.8. The van der Waals surface area contributed by atoms with E-state index in [2.05, 4.69) is 203 Å². The van der Waals surface area contributed by atoms with E-state index in [1.807, 2.05) is 0 Å². The van der Waals surface area contributed by atoms with Gasteiger partial charge in [-0.15, -0.1) is 0 Å². The fourth-order valence-corrected chi connectivity index (χ4v) is 8.32. The van der Waals surface area contributed by atoms with Crippen molar-refractivity contribution in [1.29, 1.82) is 0 Å². The van der Waals surface area contributed by atoms with Crippen LogP contribution in [0.15, 0.2) is 182 Å². The minimum absolute atomic E-state index is 0.109. The van der Waals surface area contributed by atoms with Crippen LogP contribution in [0, 0.1) is 0 Å². The predicted molar refractivity (Wildman–Crippen MR) is 357 cm³/mol. The van der Waals surface area contributed by atoms with Crippen LogP contribution in [0.3, 0.4) is 0 Å². The second-order valence-corrected chi connectivity index (χ2v) is 20.9. The van der Waals surface area contributed by atoms with Crippen molar-refractivity contribution < 1.29 is 28.6 Å². The van der Waals surface area contributed by atoms with Gasteiger partial charge in [-0.2, -0.15) is 0 Å². The SMILES string of the molecule is CC/C=C\C/C=C\C/C=C\C/C=C\C/C=C\C/C=C\C/C=C\C/C=C\C/C=C\CCCCCCCC(=O)OCC(COC(=O)CCCCCCCCCCCC)OC(=O)CCCC/C=C\C/C=C\C/C=C\C/C=C\C/C=C\C/C=C\CC. The average molecular weight is 1130 g/mol. The summed E-state index contributed by atoms with van der Waals surface area (Å²) < 4.78 is 16.8. The molecular weight excluding hydrogens is 1010 g/mol. The number of carbonyl (C=O) groups excluding carboxylic acids is 3. The summed E-state index contributed by atoms with van der Waals surface area (Å²) >= 11 is 0. The average Bonchev–Trinajstić information content (AvgIpc) is 3.48. The third-order valence-corrected chi connectivity index (χ3v) is 13.2. The van der Waals surface area contributed by atoms with Crippen molar-refractivity contribution in [2.45, 2.75) is 264 Å². The number of rotatable bonds is 57. The summed E-state index contributed by atoms with van der Waals surface area (Å²) in [5.41, 5.74) is 0. The van der Waals surface area contributed by atoms with Crippen LogP contribution in [-0.4, -0.2) is 37.2 Å². The maximum atomic E-state index is 12.9. The lowest BCUT2D eigenvalue weighted by atomic mass is 10.1. The fraction of sp³-hybridized carbons (Fsp3) is 0.566. The molecule has 0 saturated carbocycles. The molecule has 0 aromatic rings. The van der Waals surface area contributed by atoms with Crippen molar-refractivity contribution in [3.63, 3.8) is 0 Å². The summed E-state index contributed by atoms with van der Waals surface area (Å²) in [5.74, 6) is -0.981. The standard InChI is InChI=1S/C76H118O6/c1-4-7-10-13-16-19-22-24-26-28-30-32-33-34-35-36-37-38-39-40-41-42-43-45-46-48-50-52-54-57-60-63-66-69-75(78)81-72-73(71-80-74(77)68-65-62-59-56-21-18-15-12-9-6-3)82-76(79)70-67-64-61-58-55-53-51-49-47-44-31-29-27-25-23-20-17-14-11-8-5-2/h7-8,10-11,16-17,19-20,24-27,30-32,34-35,37-38,40-41,43-45,48-51,55,58,73H,4-6,9,12-15,18,21-23,28-29,33,36,39,42,46-47,52-54,56-57,59-72H2,1-3H3/b10-7-,11-8-,19-16-,20-17-,26-24-,27-25-,32-30-,35-34-,38-37-,41-40-,44-31-,45-43-,50-48-,51-49-,58-55-. The van der Waals surface area contributed by atoms with Crippen molar-refractivity contribution in [3.05, 3.63) is 182 Å². The second kappa shape index (κ2) is 68.0. The van der Waals surface area contributed by atoms with E-state index in [0.29, 0.717) is 19.3 Å². The van der Waals surface area contributed by atoms with Gasteiger partial charge in [-0.05, 0) is 141 Å². The van der Waals surface area contributed by atoms with E-state index < -0.39 is 6.10 Å². The molecule has 0 aliphatic heterocycles. The summed E-state index contributed by atoms with van der Waals surface area (Å²) in [6.45, 7) is 6.33. The summed E-state index contributed by atoms with van der Waals surface area (Å²) in [7, 11) is 0. The molecule has 0 aliphatic carbocycles. The Hall–Kier alpha value is -5.49. The van der Waals surface area contributed by atoms with E-state index in [1.165, 1.54) is 44.9 Å². The molecule has 0 amide bonds. The Kier molecular flexibility index (Phi) is 63.5. The van der Waals surface area contributed by atoms with Crippen LogP contribution < -0.4 is 0 Å². The molecule has 0 N–H and O–H groups in total. The zero-order valence-electron chi connectivity index (χ0n) is 52.4. The van der Waals surface area contributed by atoms with Crippen LogP contribution in [0.25, 0.3) is 0 Å². The van der Waals surface area contributed by atoms with E-state index in [9.17, 15) is 14.4 Å². The Morgan fingerprint density at radius 1 is 0.256 bits per heavy atom. The molecule has 0 rings (SSSR count). The summed E-state index contributed by atoms with van der Waals surface area (Å²) in [4.78, 5) is 38.2. The molecule has 0 fully saturated rings. The van der Waals surface area contributed by atoms with Gasteiger partial charge in [0.2, 0.25) is 0 Å². The third-order valence-electron chi connectivity index (χ3n) is 13.2. The topological polar surface area (TPSA) is 78.9 Å². The number of hydrogen-bond acceptors (Lipinski definition) is 6. The number of hydrogen-bond donors (Lipinski definition) is 0. The molecular formula is C76H118O6. The van der Waals surface area contributed by atoms with Gasteiger partial charge in [0.15, 0.2) is 6.10 Å². The lowest BCUT2D eigenvalue weighted by molar-refractivity contribution is -0.167. The van der Waals surface area contributed by atoms with E-state index in [1.54, 1.807) is 0 Å². The molecule has 0 saturated heterocycles. The molecule has 0 spiro atoms. The molecule has 0 heterocycles. The van der Waals surface area contributed by atoms with Crippen molar-refractivity contribution in [3.8, 4) is 0 Å². The molecule has 0 aromatic heterocycles. The highest BCUT2D eigenvalue weighted by molar-refractivity contribution is 5.71. The Balaban J connectivity index is 4.38. The Morgan fingerprint density at radius 2 is 0.476 bits per heavy atom. The quantitative estimate of drug-likeness (QED) is 0.0261. The fourth-order valence-electron chi connectivity index (χ4n) is 8.32. The Morgan fingerprint density at radius 3 is 0.768 bits per heavy atom. The van der Waals surface area contributed by atoms with Crippen LogP contribution in [0.2, 0.25) is 0 Å². The number of ether oxygens (including phenoxy) is 3. The minimum Gasteiger partial charge on any atom is -0.462 e. The van der Waals surface area contributed by atoms with Gasteiger partial charge in [0.1, 0.15) is 13.2 Å². The largest absolute Gasteiger partial charge is 0.462 e. The van der Waals surface area contributed by atoms with Crippen LogP contribution in [0.1, 0.15) is 258 Å². The molecule has 1 unspecified atom stereocenters. The van der Waals surface area contributed by atoms with E-state index in [-0.39, 0.29) is 37.5 Å². The van der Waals surface area contributed by atoms with Gasteiger partial charge in [0.25, 0.3) is 0 Å².